The van der Waals surface area contributed by atoms with Crippen molar-refractivity contribution < 1.29 is 4.52 Å². The summed E-state index contributed by atoms with van der Waals surface area (Å²) in [4.78, 5) is 0. The molecule has 0 fully saturated rings. The molecule has 5 heteroatoms. The normalized spacial score (nSPS) is 12.9. The zero-order valence-electron chi connectivity index (χ0n) is 10.5. The third-order valence-corrected chi connectivity index (χ3v) is 2.53. The van der Waals surface area contributed by atoms with Crippen LogP contribution in [0.4, 0.5) is 0 Å². The predicted octanol–water partition coefficient (Wildman–Crippen LogP) is 1.67. The van der Waals surface area contributed by atoms with Crippen molar-refractivity contribution in [3.63, 3.8) is 0 Å². The lowest BCUT2D eigenvalue weighted by Gasteiger charge is -2.12. The molecule has 0 spiro atoms. The summed E-state index contributed by atoms with van der Waals surface area (Å²) in [6.45, 7) is 7.64. The second-order valence-corrected chi connectivity index (χ2v) is 4.45. The molecule has 2 heterocycles. The molecule has 0 saturated heterocycles. The van der Waals surface area contributed by atoms with Crippen molar-refractivity contribution in [2.24, 2.45) is 0 Å². The summed E-state index contributed by atoms with van der Waals surface area (Å²) in [5.74, 6) is 0.845. The van der Waals surface area contributed by atoms with E-state index in [1.807, 2.05) is 37.0 Å². The second kappa shape index (κ2) is 5.14. The molecule has 0 amide bonds. The molecule has 1 atom stereocenters. The van der Waals surface area contributed by atoms with Gasteiger partial charge in [-0.25, -0.2) is 0 Å². The Morgan fingerprint density at radius 2 is 2.29 bits per heavy atom. The maximum atomic E-state index is 5.01. The van der Waals surface area contributed by atoms with Gasteiger partial charge < -0.3 is 9.84 Å². The molecule has 1 N–H and O–H groups in total. The molecule has 0 aliphatic carbocycles. The van der Waals surface area contributed by atoms with Gasteiger partial charge in [0.25, 0.3) is 0 Å². The Morgan fingerprint density at radius 3 is 2.88 bits per heavy atom. The summed E-state index contributed by atoms with van der Waals surface area (Å²) in [5.41, 5.74) is 2.12. The molecular weight excluding hydrogens is 216 g/mol. The lowest BCUT2D eigenvalue weighted by Crippen LogP contribution is -2.30. The standard InChI is InChI=1S/C12H18N4O/c1-9-5-14-16(7-9)8-10(2)13-6-12-4-11(3)17-15-12/h4-5,7,10,13H,6,8H2,1-3H3. The van der Waals surface area contributed by atoms with Gasteiger partial charge >= 0.3 is 0 Å². The molecule has 0 bridgehead atoms. The fraction of sp³-hybridized carbons (Fsp3) is 0.500. The van der Waals surface area contributed by atoms with Crippen molar-refractivity contribution >= 4 is 0 Å². The van der Waals surface area contributed by atoms with Gasteiger partial charge in [0.05, 0.1) is 18.4 Å². The summed E-state index contributed by atoms with van der Waals surface area (Å²) < 4.78 is 6.96. The highest BCUT2D eigenvalue weighted by Gasteiger charge is 2.05. The second-order valence-electron chi connectivity index (χ2n) is 4.45. The SMILES string of the molecule is Cc1cnn(CC(C)NCc2cc(C)on2)c1. The molecule has 2 aromatic heterocycles. The maximum Gasteiger partial charge on any atom is 0.133 e. The van der Waals surface area contributed by atoms with Crippen molar-refractivity contribution in [3.05, 3.63) is 35.5 Å². The smallest absolute Gasteiger partial charge is 0.133 e. The third kappa shape index (κ3) is 3.42. The minimum atomic E-state index is 0.339. The van der Waals surface area contributed by atoms with Crippen LogP contribution in [-0.4, -0.2) is 21.0 Å². The highest BCUT2D eigenvalue weighted by molar-refractivity contribution is 5.03. The Labute approximate surface area is 101 Å². The zero-order valence-corrected chi connectivity index (χ0v) is 10.5. The number of nitrogens with one attached hydrogen (secondary N) is 1. The van der Waals surface area contributed by atoms with E-state index in [0.717, 1.165) is 24.5 Å². The van der Waals surface area contributed by atoms with Crippen LogP contribution in [0.2, 0.25) is 0 Å². The molecule has 1 unspecified atom stereocenters. The van der Waals surface area contributed by atoms with Crippen LogP contribution < -0.4 is 5.32 Å². The number of nitrogens with zero attached hydrogens (tertiary/aromatic N) is 3. The Kier molecular flexibility index (Phi) is 3.58. The predicted molar refractivity (Wildman–Crippen MR) is 64.5 cm³/mol. The Balaban J connectivity index is 1.79. The van der Waals surface area contributed by atoms with Crippen LogP contribution in [0.1, 0.15) is 23.9 Å². The third-order valence-electron chi connectivity index (χ3n) is 2.53. The van der Waals surface area contributed by atoms with Crippen LogP contribution in [0, 0.1) is 13.8 Å². The van der Waals surface area contributed by atoms with Gasteiger partial charge in [0, 0.05) is 24.8 Å². The van der Waals surface area contributed by atoms with E-state index >= 15 is 0 Å². The number of aromatic nitrogens is 3. The zero-order chi connectivity index (χ0) is 12.3. The Hall–Kier alpha value is -1.62. The molecule has 0 saturated carbocycles. The van der Waals surface area contributed by atoms with E-state index in [0.29, 0.717) is 6.04 Å². The minimum absolute atomic E-state index is 0.339. The molecule has 0 aliphatic rings. The first-order valence-electron chi connectivity index (χ1n) is 5.78. The largest absolute Gasteiger partial charge is 0.361 e. The van der Waals surface area contributed by atoms with Crippen molar-refractivity contribution in [1.82, 2.24) is 20.3 Å². The van der Waals surface area contributed by atoms with E-state index in [9.17, 15) is 0 Å². The first-order chi connectivity index (χ1) is 8.13. The quantitative estimate of drug-likeness (QED) is 0.855. The van der Waals surface area contributed by atoms with E-state index in [2.05, 4.69) is 22.5 Å². The average molecular weight is 234 g/mol. The summed E-state index contributed by atoms with van der Waals surface area (Å²) >= 11 is 0. The lowest BCUT2D eigenvalue weighted by atomic mass is 10.3. The van der Waals surface area contributed by atoms with E-state index in [4.69, 9.17) is 4.52 Å². The van der Waals surface area contributed by atoms with Crippen LogP contribution in [0.3, 0.4) is 0 Å². The van der Waals surface area contributed by atoms with Crippen LogP contribution in [0.25, 0.3) is 0 Å². The maximum absolute atomic E-state index is 5.01. The van der Waals surface area contributed by atoms with E-state index in [-0.39, 0.29) is 0 Å². The monoisotopic (exact) mass is 234 g/mol. The van der Waals surface area contributed by atoms with Gasteiger partial charge in [0.15, 0.2) is 0 Å². The summed E-state index contributed by atoms with van der Waals surface area (Å²) in [5, 5.41) is 11.6. The van der Waals surface area contributed by atoms with E-state index in [1.165, 1.54) is 5.56 Å². The van der Waals surface area contributed by atoms with Crippen LogP contribution in [-0.2, 0) is 13.1 Å². The fourth-order valence-electron chi connectivity index (χ4n) is 1.69. The topological polar surface area (TPSA) is 55.9 Å². The van der Waals surface area contributed by atoms with Crippen molar-refractivity contribution in [2.75, 3.05) is 0 Å². The molecule has 2 aromatic rings. The molecule has 92 valence electrons. The summed E-state index contributed by atoms with van der Waals surface area (Å²) in [7, 11) is 0. The van der Waals surface area contributed by atoms with Gasteiger partial charge in [-0.2, -0.15) is 5.10 Å². The Morgan fingerprint density at radius 1 is 1.47 bits per heavy atom. The number of hydrogen-bond donors (Lipinski definition) is 1. The first-order valence-corrected chi connectivity index (χ1v) is 5.78. The summed E-state index contributed by atoms with van der Waals surface area (Å²) in [6, 6.07) is 2.28. The van der Waals surface area contributed by atoms with Crippen molar-refractivity contribution in [3.8, 4) is 0 Å². The highest BCUT2D eigenvalue weighted by Crippen LogP contribution is 2.02. The van der Waals surface area contributed by atoms with Crippen LogP contribution in [0.15, 0.2) is 23.0 Å². The molecule has 2 rings (SSSR count). The van der Waals surface area contributed by atoms with Crippen molar-refractivity contribution in [1.29, 1.82) is 0 Å². The van der Waals surface area contributed by atoms with E-state index < -0.39 is 0 Å². The van der Waals surface area contributed by atoms with Gasteiger partial charge in [-0.15, -0.1) is 0 Å². The highest BCUT2D eigenvalue weighted by atomic mass is 16.5. The summed E-state index contributed by atoms with van der Waals surface area (Å²) in [6.07, 6.45) is 3.91. The van der Waals surface area contributed by atoms with Gasteiger partial charge in [-0.1, -0.05) is 5.16 Å². The average Bonchev–Trinajstić information content (AvgIpc) is 2.85. The minimum Gasteiger partial charge on any atom is -0.361 e. The number of aryl methyl sites for hydroxylation is 2. The van der Waals surface area contributed by atoms with Gasteiger partial charge in [0.2, 0.25) is 0 Å². The van der Waals surface area contributed by atoms with Crippen molar-refractivity contribution in [2.45, 2.75) is 39.9 Å². The van der Waals surface area contributed by atoms with Gasteiger partial charge in [-0.05, 0) is 26.3 Å². The number of hydrogen-bond acceptors (Lipinski definition) is 4. The molecule has 0 aliphatic heterocycles. The fourth-order valence-corrected chi connectivity index (χ4v) is 1.69. The first kappa shape index (κ1) is 11.9. The van der Waals surface area contributed by atoms with E-state index in [1.54, 1.807) is 0 Å². The van der Waals surface area contributed by atoms with Crippen LogP contribution >= 0.6 is 0 Å². The lowest BCUT2D eigenvalue weighted by molar-refractivity contribution is 0.382. The molecule has 5 nitrogen and oxygen atoms in total. The number of rotatable bonds is 5. The molecule has 17 heavy (non-hydrogen) atoms. The van der Waals surface area contributed by atoms with Gasteiger partial charge in [-0.3, -0.25) is 4.68 Å². The molecule has 0 radical (unpaired) electrons. The molecule has 0 aromatic carbocycles. The Bertz CT molecular complexity index is 474. The molecular formula is C12H18N4O. The van der Waals surface area contributed by atoms with Gasteiger partial charge in [0.1, 0.15) is 5.76 Å². The van der Waals surface area contributed by atoms with Crippen LogP contribution in [0.5, 0.6) is 0 Å².